The van der Waals surface area contributed by atoms with Gasteiger partial charge in [0, 0.05) is 61.8 Å². The van der Waals surface area contributed by atoms with Crippen LogP contribution in [0.5, 0.6) is 0 Å². The van der Waals surface area contributed by atoms with E-state index in [0.717, 1.165) is 87.5 Å². The summed E-state index contributed by atoms with van der Waals surface area (Å²) in [6, 6.07) is 13.0. The lowest BCUT2D eigenvalue weighted by atomic mass is 10.0. The van der Waals surface area contributed by atoms with Crippen molar-refractivity contribution in [1.82, 2.24) is 9.80 Å². The van der Waals surface area contributed by atoms with Gasteiger partial charge in [0.2, 0.25) is 0 Å². The molecule has 0 saturated carbocycles. The minimum atomic E-state index is 0.183. The second-order valence-electron chi connectivity index (χ2n) is 9.08. The number of benzene rings is 2. The van der Waals surface area contributed by atoms with E-state index in [9.17, 15) is 4.79 Å². The topological polar surface area (TPSA) is 30.0 Å². The molecule has 5 heteroatoms. The van der Waals surface area contributed by atoms with Gasteiger partial charge in [-0.2, -0.15) is 0 Å². The van der Waals surface area contributed by atoms with Crippen molar-refractivity contribution in [2.24, 2.45) is 0 Å². The summed E-state index contributed by atoms with van der Waals surface area (Å²) >= 11 is 0. The van der Waals surface area contributed by atoms with Crippen LogP contribution in [0.3, 0.4) is 0 Å². The SMILES string of the molecule is CN1CCCN(c2ccc3c(c2)C(=O)c2cc(N4CCCN(C)CC4)ccc2-3)CC1. The van der Waals surface area contributed by atoms with E-state index in [1.165, 1.54) is 11.4 Å². The van der Waals surface area contributed by atoms with Gasteiger partial charge in [-0.15, -0.1) is 0 Å². The number of carbonyl (C=O) groups excluding carboxylic acids is 1. The number of ketones is 1. The molecule has 0 unspecified atom stereocenters. The van der Waals surface area contributed by atoms with Crippen molar-refractivity contribution >= 4 is 17.2 Å². The van der Waals surface area contributed by atoms with Crippen LogP contribution in [0.25, 0.3) is 11.1 Å². The molecule has 0 bridgehead atoms. The summed E-state index contributed by atoms with van der Waals surface area (Å²) in [5, 5.41) is 0. The Kier molecular flexibility index (Phi) is 5.25. The highest BCUT2D eigenvalue weighted by Crippen LogP contribution is 2.40. The van der Waals surface area contributed by atoms with Crippen LogP contribution in [-0.4, -0.2) is 82.0 Å². The number of likely N-dealkylation sites (N-methyl/N-ethyl adjacent to an activating group) is 2. The maximum absolute atomic E-state index is 13.3. The van der Waals surface area contributed by atoms with Crippen molar-refractivity contribution in [3.63, 3.8) is 0 Å². The predicted molar refractivity (Wildman–Crippen MR) is 124 cm³/mol. The lowest BCUT2D eigenvalue weighted by Crippen LogP contribution is -2.28. The van der Waals surface area contributed by atoms with Crippen LogP contribution in [0.4, 0.5) is 11.4 Å². The van der Waals surface area contributed by atoms with Crippen molar-refractivity contribution in [2.45, 2.75) is 12.8 Å². The molecular weight excluding hydrogens is 372 g/mol. The minimum absolute atomic E-state index is 0.183. The molecule has 2 aromatic carbocycles. The first-order chi connectivity index (χ1) is 14.6. The molecule has 0 spiro atoms. The summed E-state index contributed by atoms with van der Waals surface area (Å²) in [6.45, 7) is 8.56. The van der Waals surface area contributed by atoms with Gasteiger partial charge in [-0.05, 0) is 75.4 Å². The van der Waals surface area contributed by atoms with Crippen molar-refractivity contribution < 1.29 is 4.79 Å². The largest absolute Gasteiger partial charge is 0.370 e. The molecule has 158 valence electrons. The molecule has 2 aromatic rings. The molecule has 30 heavy (non-hydrogen) atoms. The summed E-state index contributed by atoms with van der Waals surface area (Å²) in [5.41, 5.74) is 6.28. The first-order valence-electron chi connectivity index (χ1n) is 11.3. The third-order valence-corrected chi connectivity index (χ3v) is 6.96. The Morgan fingerprint density at radius 2 is 1.03 bits per heavy atom. The molecule has 2 heterocycles. The van der Waals surface area contributed by atoms with Gasteiger partial charge in [0.25, 0.3) is 0 Å². The van der Waals surface area contributed by atoms with Crippen LogP contribution in [0.1, 0.15) is 28.8 Å². The third kappa shape index (κ3) is 3.61. The number of fused-ring (bicyclic) bond motifs is 3. The Bertz CT molecular complexity index is 881. The molecule has 0 atom stereocenters. The molecule has 2 fully saturated rings. The lowest BCUT2D eigenvalue weighted by Gasteiger charge is -2.23. The van der Waals surface area contributed by atoms with Crippen LogP contribution >= 0.6 is 0 Å². The molecule has 0 N–H and O–H groups in total. The van der Waals surface area contributed by atoms with Gasteiger partial charge in [-0.3, -0.25) is 4.79 Å². The van der Waals surface area contributed by atoms with E-state index in [0.29, 0.717) is 0 Å². The molecule has 0 radical (unpaired) electrons. The van der Waals surface area contributed by atoms with Gasteiger partial charge in [0.05, 0.1) is 0 Å². The maximum atomic E-state index is 13.3. The Morgan fingerprint density at radius 3 is 1.50 bits per heavy atom. The summed E-state index contributed by atoms with van der Waals surface area (Å²) in [4.78, 5) is 23.0. The van der Waals surface area contributed by atoms with Gasteiger partial charge in [0.1, 0.15) is 0 Å². The highest BCUT2D eigenvalue weighted by molar-refractivity contribution is 6.22. The number of nitrogens with zero attached hydrogens (tertiary/aromatic N) is 4. The smallest absolute Gasteiger partial charge is 0.194 e. The van der Waals surface area contributed by atoms with Crippen molar-refractivity contribution in [3.8, 4) is 11.1 Å². The second kappa shape index (κ2) is 8.05. The average Bonchev–Trinajstić information content (AvgIpc) is 2.96. The molecule has 5 rings (SSSR count). The normalized spacial score (nSPS) is 20.7. The van der Waals surface area contributed by atoms with Crippen LogP contribution in [0.2, 0.25) is 0 Å². The number of hydrogen-bond donors (Lipinski definition) is 0. The highest BCUT2D eigenvalue weighted by atomic mass is 16.1. The van der Waals surface area contributed by atoms with E-state index in [1.54, 1.807) is 0 Å². The first-order valence-corrected chi connectivity index (χ1v) is 11.3. The fourth-order valence-electron chi connectivity index (χ4n) is 5.06. The number of carbonyl (C=O) groups is 1. The molecule has 0 aromatic heterocycles. The van der Waals surface area contributed by atoms with E-state index >= 15 is 0 Å². The van der Waals surface area contributed by atoms with Gasteiger partial charge >= 0.3 is 0 Å². The van der Waals surface area contributed by atoms with Crippen molar-refractivity contribution in [2.75, 3.05) is 76.3 Å². The molecule has 5 nitrogen and oxygen atoms in total. The maximum Gasteiger partial charge on any atom is 0.194 e. The van der Waals surface area contributed by atoms with Crippen LogP contribution in [-0.2, 0) is 0 Å². The fraction of sp³-hybridized carbons (Fsp3) is 0.480. The van der Waals surface area contributed by atoms with E-state index in [2.05, 4.69) is 70.1 Å². The fourth-order valence-corrected chi connectivity index (χ4v) is 5.06. The Morgan fingerprint density at radius 1 is 0.567 bits per heavy atom. The molecular formula is C25H32N4O. The zero-order valence-corrected chi connectivity index (χ0v) is 18.2. The summed E-state index contributed by atoms with van der Waals surface area (Å²) in [6.07, 6.45) is 2.33. The Balaban J connectivity index is 1.42. The Labute approximate surface area is 179 Å². The monoisotopic (exact) mass is 404 g/mol. The molecule has 0 amide bonds. The van der Waals surface area contributed by atoms with Crippen molar-refractivity contribution in [3.05, 3.63) is 47.5 Å². The zero-order valence-electron chi connectivity index (χ0n) is 18.2. The lowest BCUT2D eigenvalue weighted by molar-refractivity contribution is 0.104. The van der Waals surface area contributed by atoms with Gasteiger partial charge in [0.15, 0.2) is 5.78 Å². The Hall–Kier alpha value is -2.37. The van der Waals surface area contributed by atoms with Gasteiger partial charge < -0.3 is 19.6 Å². The van der Waals surface area contributed by atoms with E-state index in [1.807, 2.05) is 0 Å². The number of rotatable bonds is 2. The number of anilines is 2. The summed E-state index contributed by atoms with van der Waals surface area (Å²) in [5.74, 6) is 0.183. The molecule has 2 saturated heterocycles. The highest BCUT2D eigenvalue weighted by Gasteiger charge is 2.28. The van der Waals surface area contributed by atoms with Crippen LogP contribution in [0, 0.1) is 0 Å². The average molecular weight is 405 g/mol. The molecule has 2 aliphatic heterocycles. The predicted octanol–water partition coefficient (Wildman–Crippen LogP) is 3.18. The van der Waals surface area contributed by atoms with E-state index in [-0.39, 0.29) is 5.78 Å². The standard InChI is InChI=1S/C25H32N4O/c1-26-9-3-11-28(15-13-26)19-5-7-21-22-8-6-20(18-24(22)25(30)23(21)17-19)29-12-4-10-27(2)14-16-29/h5-8,17-18H,3-4,9-16H2,1-2H3. The van der Waals surface area contributed by atoms with E-state index in [4.69, 9.17) is 0 Å². The van der Waals surface area contributed by atoms with Crippen molar-refractivity contribution in [1.29, 1.82) is 0 Å². The third-order valence-electron chi connectivity index (χ3n) is 6.96. The second-order valence-corrected chi connectivity index (χ2v) is 9.08. The van der Waals surface area contributed by atoms with E-state index < -0.39 is 0 Å². The molecule has 3 aliphatic rings. The summed E-state index contributed by atoms with van der Waals surface area (Å²) in [7, 11) is 4.37. The van der Waals surface area contributed by atoms with Gasteiger partial charge in [-0.1, -0.05) is 12.1 Å². The minimum Gasteiger partial charge on any atom is -0.370 e. The van der Waals surface area contributed by atoms with Crippen LogP contribution < -0.4 is 9.80 Å². The van der Waals surface area contributed by atoms with Gasteiger partial charge in [-0.25, -0.2) is 0 Å². The quantitative estimate of drug-likeness (QED) is 0.655. The zero-order chi connectivity index (χ0) is 20.7. The molecule has 1 aliphatic carbocycles. The first kappa shape index (κ1) is 19.6. The summed E-state index contributed by atoms with van der Waals surface area (Å²) < 4.78 is 0. The number of hydrogen-bond acceptors (Lipinski definition) is 5. The van der Waals surface area contributed by atoms with Crippen LogP contribution in [0.15, 0.2) is 36.4 Å².